The van der Waals surface area contributed by atoms with Crippen LogP contribution < -0.4 is 16.0 Å². The summed E-state index contributed by atoms with van der Waals surface area (Å²) >= 11 is 1.38. The third kappa shape index (κ3) is 6.02. The lowest BCUT2D eigenvalue weighted by molar-refractivity contribution is 0.0952. The molecule has 0 spiro atoms. The van der Waals surface area contributed by atoms with Gasteiger partial charge in [0.05, 0.1) is 4.88 Å². The number of nitrogens with one attached hydrogen (secondary N) is 3. The zero-order valence-electron chi connectivity index (χ0n) is 12.8. The first kappa shape index (κ1) is 19.2. The number of halogens is 1. The molecule has 0 aliphatic carbocycles. The van der Waals surface area contributed by atoms with Crippen molar-refractivity contribution in [2.75, 3.05) is 25.5 Å². The predicted octanol–water partition coefficient (Wildman–Crippen LogP) is 2.76. The second-order valence-electron chi connectivity index (χ2n) is 4.73. The first-order chi connectivity index (χ1) is 10.7. The van der Waals surface area contributed by atoms with Crippen molar-refractivity contribution in [2.24, 2.45) is 0 Å². The molecular formula is C16H20ClN3O2S. The average Bonchev–Trinajstić information content (AvgIpc) is 3.06. The first-order valence-corrected chi connectivity index (χ1v) is 7.96. The van der Waals surface area contributed by atoms with E-state index in [9.17, 15) is 9.59 Å². The lowest BCUT2D eigenvalue weighted by atomic mass is 10.2. The summed E-state index contributed by atoms with van der Waals surface area (Å²) in [5.74, 6) is -0.301. The third-order valence-corrected chi connectivity index (χ3v) is 3.89. The fourth-order valence-electron chi connectivity index (χ4n) is 1.91. The van der Waals surface area contributed by atoms with Gasteiger partial charge in [-0.25, -0.2) is 0 Å². The van der Waals surface area contributed by atoms with Crippen LogP contribution in [0, 0.1) is 0 Å². The molecule has 0 bridgehead atoms. The molecule has 3 N–H and O–H groups in total. The van der Waals surface area contributed by atoms with Crippen molar-refractivity contribution in [3.8, 4) is 0 Å². The van der Waals surface area contributed by atoms with Crippen LogP contribution in [-0.4, -0.2) is 32.0 Å². The topological polar surface area (TPSA) is 70.2 Å². The van der Waals surface area contributed by atoms with Gasteiger partial charge in [0, 0.05) is 17.8 Å². The first-order valence-electron chi connectivity index (χ1n) is 7.08. The molecule has 0 aliphatic rings. The average molecular weight is 354 g/mol. The summed E-state index contributed by atoms with van der Waals surface area (Å²) in [7, 11) is 1.88. The molecule has 5 nitrogen and oxygen atoms in total. The normalized spacial score (nSPS) is 9.78. The highest BCUT2D eigenvalue weighted by Crippen LogP contribution is 2.14. The second-order valence-corrected chi connectivity index (χ2v) is 5.67. The van der Waals surface area contributed by atoms with E-state index in [0.29, 0.717) is 22.7 Å². The molecule has 2 rings (SSSR count). The van der Waals surface area contributed by atoms with Gasteiger partial charge in [0.25, 0.3) is 11.8 Å². The number of amides is 2. The van der Waals surface area contributed by atoms with E-state index in [1.165, 1.54) is 11.3 Å². The Hall–Kier alpha value is -1.89. The molecule has 0 unspecified atom stereocenters. The van der Waals surface area contributed by atoms with Crippen molar-refractivity contribution in [3.05, 3.63) is 52.2 Å². The molecule has 2 aromatic rings. The van der Waals surface area contributed by atoms with Gasteiger partial charge in [-0.2, -0.15) is 0 Å². The molecule has 124 valence electrons. The Labute approximate surface area is 145 Å². The van der Waals surface area contributed by atoms with Crippen LogP contribution in [0.5, 0.6) is 0 Å². The monoisotopic (exact) mass is 353 g/mol. The molecule has 2 amide bonds. The Morgan fingerprint density at radius 1 is 1.09 bits per heavy atom. The minimum atomic E-state index is -0.165. The van der Waals surface area contributed by atoms with E-state index < -0.39 is 0 Å². The zero-order chi connectivity index (χ0) is 15.8. The number of benzene rings is 1. The highest BCUT2D eigenvalue weighted by atomic mass is 35.5. The van der Waals surface area contributed by atoms with Crippen molar-refractivity contribution >= 4 is 41.2 Å². The summed E-state index contributed by atoms with van der Waals surface area (Å²) in [5, 5.41) is 10.5. The summed E-state index contributed by atoms with van der Waals surface area (Å²) < 4.78 is 0. The molecule has 0 aliphatic heterocycles. The minimum absolute atomic E-state index is 0. The van der Waals surface area contributed by atoms with Crippen LogP contribution >= 0.6 is 23.7 Å². The van der Waals surface area contributed by atoms with Gasteiger partial charge >= 0.3 is 0 Å². The second kappa shape index (κ2) is 9.99. The summed E-state index contributed by atoms with van der Waals surface area (Å²) in [4.78, 5) is 24.7. The highest BCUT2D eigenvalue weighted by Gasteiger charge is 2.09. The van der Waals surface area contributed by atoms with Gasteiger partial charge in [-0.3, -0.25) is 9.59 Å². The fraction of sp³-hybridized carbons (Fsp3) is 0.250. The number of carbonyl (C=O) groups is 2. The summed E-state index contributed by atoms with van der Waals surface area (Å²) in [6.07, 6.45) is 0.872. The van der Waals surface area contributed by atoms with E-state index in [1.807, 2.05) is 18.5 Å². The third-order valence-electron chi connectivity index (χ3n) is 3.02. The van der Waals surface area contributed by atoms with E-state index in [2.05, 4.69) is 16.0 Å². The van der Waals surface area contributed by atoms with Gasteiger partial charge in [0.2, 0.25) is 0 Å². The Morgan fingerprint density at radius 2 is 1.91 bits per heavy atom. The maximum Gasteiger partial charge on any atom is 0.265 e. The van der Waals surface area contributed by atoms with Gasteiger partial charge < -0.3 is 16.0 Å². The van der Waals surface area contributed by atoms with Crippen molar-refractivity contribution in [1.29, 1.82) is 0 Å². The van der Waals surface area contributed by atoms with E-state index >= 15 is 0 Å². The summed E-state index contributed by atoms with van der Waals surface area (Å²) in [5.41, 5.74) is 1.15. The van der Waals surface area contributed by atoms with Crippen LogP contribution in [0.15, 0.2) is 41.8 Å². The molecule has 0 atom stereocenters. The highest BCUT2D eigenvalue weighted by molar-refractivity contribution is 7.12. The van der Waals surface area contributed by atoms with Crippen LogP contribution in [0.2, 0.25) is 0 Å². The fourth-order valence-corrected chi connectivity index (χ4v) is 2.53. The molecule has 7 heteroatoms. The molecule has 1 aromatic heterocycles. The number of carbonyl (C=O) groups excluding carboxylic acids is 2. The maximum atomic E-state index is 12.0. The summed E-state index contributed by atoms with van der Waals surface area (Å²) in [6.45, 7) is 1.47. The van der Waals surface area contributed by atoms with Crippen molar-refractivity contribution in [2.45, 2.75) is 6.42 Å². The molecule has 23 heavy (non-hydrogen) atoms. The smallest absolute Gasteiger partial charge is 0.265 e. The van der Waals surface area contributed by atoms with Gasteiger partial charge in [-0.05, 0) is 49.7 Å². The van der Waals surface area contributed by atoms with Crippen molar-refractivity contribution < 1.29 is 9.59 Å². The van der Waals surface area contributed by atoms with Gasteiger partial charge in [-0.1, -0.05) is 12.1 Å². The van der Waals surface area contributed by atoms with Gasteiger partial charge in [-0.15, -0.1) is 23.7 Å². The van der Waals surface area contributed by atoms with E-state index in [0.717, 1.165) is 13.0 Å². The Morgan fingerprint density at radius 3 is 2.61 bits per heavy atom. The van der Waals surface area contributed by atoms with Crippen LogP contribution in [-0.2, 0) is 0 Å². The number of rotatable bonds is 7. The SMILES string of the molecule is CNCCCNC(=O)c1cccc(NC(=O)c2cccs2)c1.Cl. The van der Waals surface area contributed by atoms with E-state index in [-0.39, 0.29) is 24.2 Å². The molecule has 0 saturated heterocycles. The Balaban J connectivity index is 0.00000264. The van der Waals surface area contributed by atoms with E-state index in [4.69, 9.17) is 0 Å². The van der Waals surface area contributed by atoms with Crippen molar-refractivity contribution in [3.63, 3.8) is 0 Å². The van der Waals surface area contributed by atoms with Gasteiger partial charge in [0.1, 0.15) is 0 Å². The number of hydrogen-bond donors (Lipinski definition) is 3. The lowest BCUT2D eigenvalue weighted by Gasteiger charge is -2.08. The van der Waals surface area contributed by atoms with Crippen LogP contribution in [0.25, 0.3) is 0 Å². The number of thiophene rings is 1. The van der Waals surface area contributed by atoms with Crippen molar-refractivity contribution in [1.82, 2.24) is 10.6 Å². The molecule has 0 radical (unpaired) electrons. The standard InChI is InChI=1S/C16H19N3O2S.ClH/c1-17-8-4-9-18-15(20)12-5-2-6-13(11-12)19-16(21)14-7-3-10-22-14;/h2-3,5-7,10-11,17H,4,8-9H2,1H3,(H,18,20)(H,19,21);1H. The van der Waals surface area contributed by atoms with Gasteiger partial charge in [0.15, 0.2) is 0 Å². The zero-order valence-corrected chi connectivity index (χ0v) is 14.4. The quantitative estimate of drug-likeness (QED) is 0.670. The molecular weight excluding hydrogens is 334 g/mol. The largest absolute Gasteiger partial charge is 0.352 e. The lowest BCUT2D eigenvalue weighted by Crippen LogP contribution is -2.26. The number of anilines is 1. The molecule has 1 aromatic carbocycles. The maximum absolute atomic E-state index is 12.0. The number of hydrogen-bond acceptors (Lipinski definition) is 4. The van der Waals surface area contributed by atoms with Crippen LogP contribution in [0.1, 0.15) is 26.5 Å². The Bertz CT molecular complexity index is 632. The van der Waals surface area contributed by atoms with Crippen LogP contribution in [0.3, 0.4) is 0 Å². The molecule has 1 heterocycles. The summed E-state index contributed by atoms with van der Waals surface area (Å²) in [6, 6.07) is 10.5. The minimum Gasteiger partial charge on any atom is -0.352 e. The van der Waals surface area contributed by atoms with E-state index in [1.54, 1.807) is 30.3 Å². The van der Waals surface area contributed by atoms with Crippen LogP contribution in [0.4, 0.5) is 5.69 Å². The molecule has 0 saturated carbocycles. The predicted molar refractivity (Wildman–Crippen MR) is 96.8 cm³/mol. The molecule has 0 fully saturated rings. The Kier molecular flexibility index (Phi) is 8.32.